The minimum atomic E-state index is -0.140. The maximum Gasteiger partial charge on any atom is 0.232 e. The van der Waals surface area contributed by atoms with Gasteiger partial charge < -0.3 is 10.6 Å². The summed E-state index contributed by atoms with van der Waals surface area (Å²) in [5.74, 6) is -0.196. The summed E-state index contributed by atoms with van der Waals surface area (Å²) in [6.07, 6.45) is 0.206. The number of thiazole rings is 2. The van der Waals surface area contributed by atoms with Gasteiger partial charge in [0.25, 0.3) is 0 Å². The van der Waals surface area contributed by atoms with Gasteiger partial charge in [-0.05, 0) is 12.1 Å². The number of aromatic nitrogens is 2. The molecule has 0 aliphatic carbocycles. The van der Waals surface area contributed by atoms with Crippen LogP contribution in [0.1, 0.15) is 17.5 Å². The summed E-state index contributed by atoms with van der Waals surface area (Å²) in [6, 6.07) is 13.9. The number of benzene rings is 1. The van der Waals surface area contributed by atoms with E-state index in [1.807, 2.05) is 53.2 Å². The normalized spacial score (nSPS) is 10.7. The van der Waals surface area contributed by atoms with Gasteiger partial charge in [0, 0.05) is 28.1 Å². The third-order valence-electron chi connectivity index (χ3n) is 4.09. The predicted molar refractivity (Wildman–Crippen MR) is 123 cm³/mol. The molecule has 0 aliphatic rings. The second kappa shape index (κ2) is 9.29. The Morgan fingerprint density at radius 3 is 2.63 bits per heavy atom. The number of anilines is 1. The van der Waals surface area contributed by atoms with Crippen molar-refractivity contribution in [2.75, 3.05) is 5.32 Å². The number of carbonyl (C=O) groups is 2. The number of carbonyl (C=O) groups excluding carboxylic acids is 2. The Morgan fingerprint density at radius 1 is 1.00 bits per heavy atom. The van der Waals surface area contributed by atoms with Crippen molar-refractivity contribution in [3.63, 3.8) is 0 Å². The summed E-state index contributed by atoms with van der Waals surface area (Å²) in [7, 11) is 0. The topological polar surface area (TPSA) is 84.0 Å². The van der Waals surface area contributed by atoms with Crippen LogP contribution in [0, 0.1) is 0 Å². The van der Waals surface area contributed by atoms with Crippen molar-refractivity contribution < 1.29 is 9.59 Å². The molecule has 0 saturated heterocycles. The van der Waals surface area contributed by atoms with Gasteiger partial charge in [-0.25, -0.2) is 9.97 Å². The highest BCUT2D eigenvalue weighted by molar-refractivity contribution is 7.17. The fourth-order valence-electron chi connectivity index (χ4n) is 2.70. The first-order valence-electron chi connectivity index (χ1n) is 9.15. The molecule has 152 valence electrons. The molecule has 0 radical (unpaired) electrons. The van der Waals surface area contributed by atoms with E-state index in [4.69, 9.17) is 0 Å². The molecule has 0 saturated carbocycles. The van der Waals surface area contributed by atoms with Crippen LogP contribution in [-0.4, -0.2) is 21.8 Å². The van der Waals surface area contributed by atoms with Crippen molar-refractivity contribution in [2.24, 2.45) is 0 Å². The van der Waals surface area contributed by atoms with Crippen LogP contribution >= 0.6 is 34.0 Å². The van der Waals surface area contributed by atoms with Gasteiger partial charge in [-0.15, -0.1) is 34.0 Å². The fourth-order valence-corrected chi connectivity index (χ4v) is 5.23. The lowest BCUT2D eigenvalue weighted by atomic mass is 10.2. The average Bonchev–Trinajstić information content (AvgIpc) is 3.48. The molecular formula is C21H18N4O2S3. The Hall–Kier alpha value is -2.88. The number of nitrogens with one attached hydrogen (secondary N) is 2. The van der Waals surface area contributed by atoms with Crippen molar-refractivity contribution in [3.8, 4) is 21.1 Å². The molecule has 6 nitrogen and oxygen atoms in total. The zero-order valence-corrected chi connectivity index (χ0v) is 18.5. The van der Waals surface area contributed by atoms with Crippen LogP contribution in [0.5, 0.6) is 0 Å². The number of nitrogens with zero attached hydrogens (tertiary/aromatic N) is 2. The maximum atomic E-state index is 12.4. The fraction of sp³-hybridized carbons (Fsp3) is 0.143. The van der Waals surface area contributed by atoms with Gasteiger partial charge in [0.2, 0.25) is 11.8 Å². The molecule has 9 heteroatoms. The van der Waals surface area contributed by atoms with Crippen molar-refractivity contribution in [1.82, 2.24) is 15.3 Å². The SMILES string of the molecule is CC(=O)NCc1ccc(-c2csc(NC(=O)Cc3csc(-c4ccccc4)n3)n2)s1. The lowest BCUT2D eigenvalue weighted by Gasteiger charge is -1.99. The summed E-state index contributed by atoms with van der Waals surface area (Å²) in [4.78, 5) is 34.6. The Labute approximate surface area is 185 Å². The molecule has 1 aromatic carbocycles. The maximum absolute atomic E-state index is 12.4. The summed E-state index contributed by atoms with van der Waals surface area (Å²) in [5.41, 5.74) is 2.61. The van der Waals surface area contributed by atoms with E-state index in [0.717, 1.165) is 31.7 Å². The van der Waals surface area contributed by atoms with Gasteiger partial charge in [-0.3, -0.25) is 9.59 Å². The van der Waals surface area contributed by atoms with E-state index in [1.54, 1.807) is 11.3 Å². The van der Waals surface area contributed by atoms with Crippen molar-refractivity contribution in [1.29, 1.82) is 0 Å². The van der Waals surface area contributed by atoms with Gasteiger partial charge in [0.05, 0.1) is 29.2 Å². The van der Waals surface area contributed by atoms with Crippen LogP contribution < -0.4 is 10.6 Å². The van der Waals surface area contributed by atoms with E-state index in [1.165, 1.54) is 29.6 Å². The van der Waals surface area contributed by atoms with E-state index in [0.29, 0.717) is 11.7 Å². The van der Waals surface area contributed by atoms with Crippen molar-refractivity contribution in [2.45, 2.75) is 19.9 Å². The van der Waals surface area contributed by atoms with Gasteiger partial charge in [-0.1, -0.05) is 30.3 Å². The quantitative estimate of drug-likeness (QED) is 0.420. The smallest absolute Gasteiger partial charge is 0.232 e. The summed E-state index contributed by atoms with van der Waals surface area (Å²) >= 11 is 4.49. The Kier molecular flexibility index (Phi) is 6.32. The minimum Gasteiger partial charge on any atom is -0.351 e. The van der Waals surface area contributed by atoms with Crippen molar-refractivity contribution >= 4 is 51.0 Å². The lowest BCUT2D eigenvalue weighted by Crippen LogP contribution is -2.17. The molecule has 0 fully saturated rings. The zero-order valence-electron chi connectivity index (χ0n) is 16.0. The first-order chi connectivity index (χ1) is 14.6. The number of hydrogen-bond donors (Lipinski definition) is 2. The number of rotatable bonds is 7. The molecule has 0 unspecified atom stereocenters. The minimum absolute atomic E-state index is 0.0559. The molecule has 30 heavy (non-hydrogen) atoms. The summed E-state index contributed by atoms with van der Waals surface area (Å²) < 4.78 is 0. The largest absolute Gasteiger partial charge is 0.351 e. The van der Waals surface area contributed by atoms with E-state index in [9.17, 15) is 9.59 Å². The van der Waals surface area contributed by atoms with Gasteiger partial charge in [0.15, 0.2) is 5.13 Å². The van der Waals surface area contributed by atoms with E-state index in [-0.39, 0.29) is 18.2 Å². The highest BCUT2D eigenvalue weighted by Crippen LogP contribution is 2.31. The molecule has 2 N–H and O–H groups in total. The zero-order chi connectivity index (χ0) is 20.9. The van der Waals surface area contributed by atoms with Crippen LogP contribution in [-0.2, 0) is 22.6 Å². The van der Waals surface area contributed by atoms with E-state index in [2.05, 4.69) is 20.6 Å². The Morgan fingerprint density at radius 2 is 1.83 bits per heavy atom. The summed E-state index contributed by atoms with van der Waals surface area (Å²) in [5, 5.41) is 10.9. The van der Waals surface area contributed by atoms with E-state index >= 15 is 0 Å². The number of amides is 2. The summed E-state index contributed by atoms with van der Waals surface area (Å²) in [6.45, 7) is 2.00. The molecule has 4 rings (SSSR count). The monoisotopic (exact) mass is 454 g/mol. The lowest BCUT2D eigenvalue weighted by molar-refractivity contribution is -0.119. The van der Waals surface area contributed by atoms with Crippen LogP contribution in [0.15, 0.2) is 53.2 Å². The van der Waals surface area contributed by atoms with Crippen LogP contribution in [0.25, 0.3) is 21.1 Å². The van der Waals surface area contributed by atoms with Crippen LogP contribution in [0.4, 0.5) is 5.13 Å². The standard InChI is InChI=1S/C21H18N4O2S3/c1-13(26)22-10-16-7-8-18(30-16)17-12-29-21(24-17)25-19(27)9-15-11-28-20(23-15)14-5-3-2-4-6-14/h2-8,11-12H,9-10H2,1H3,(H,22,26)(H,24,25,27). The third-order valence-corrected chi connectivity index (χ3v) is 6.90. The third kappa shape index (κ3) is 5.18. The first-order valence-corrected chi connectivity index (χ1v) is 11.7. The molecule has 0 atom stereocenters. The number of thiophene rings is 1. The molecule has 2 amide bonds. The highest BCUT2D eigenvalue weighted by Gasteiger charge is 2.13. The molecule has 0 spiro atoms. The average molecular weight is 455 g/mol. The second-order valence-corrected chi connectivity index (χ2v) is 9.33. The predicted octanol–water partition coefficient (Wildman–Crippen LogP) is 4.81. The molecule has 0 bridgehead atoms. The Bertz CT molecular complexity index is 1160. The molecular weight excluding hydrogens is 436 g/mol. The highest BCUT2D eigenvalue weighted by atomic mass is 32.1. The number of hydrogen-bond acceptors (Lipinski definition) is 7. The second-order valence-electron chi connectivity index (χ2n) is 6.45. The van der Waals surface area contributed by atoms with Crippen LogP contribution in [0.3, 0.4) is 0 Å². The first kappa shape index (κ1) is 20.4. The molecule has 0 aliphatic heterocycles. The van der Waals surface area contributed by atoms with Crippen molar-refractivity contribution in [3.05, 3.63) is 63.8 Å². The molecule has 3 aromatic heterocycles. The van der Waals surface area contributed by atoms with Gasteiger partial charge in [-0.2, -0.15) is 0 Å². The Balaban J connectivity index is 1.35. The van der Waals surface area contributed by atoms with E-state index < -0.39 is 0 Å². The van der Waals surface area contributed by atoms with Gasteiger partial charge >= 0.3 is 0 Å². The van der Waals surface area contributed by atoms with Gasteiger partial charge in [0.1, 0.15) is 5.01 Å². The molecule has 3 heterocycles. The molecule has 4 aromatic rings. The van der Waals surface area contributed by atoms with Crippen LogP contribution in [0.2, 0.25) is 0 Å².